The maximum atomic E-state index is 5.61. The van der Waals surface area contributed by atoms with E-state index in [1.165, 1.54) is 0 Å². The normalized spacial score (nSPS) is 23.1. The second-order valence-corrected chi connectivity index (χ2v) is 3.42. The zero-order valence-electron chi connectivity index (χ0n) is 9.12. The van der Waals surface area contributed by atoms with Crippen LogP contribution in [0.1, 0.15) is 26.7 Å². The van der Waals surface area contributed by atoms with Gasteiger partial charge in [-0.15, -0.1) is 0 Å². The number of rotatable bonds is 5. The van der Waals surface area contributed by atoms with Crippen molar-refractivity contribution in [2.45, 2.75) is 39.1 Å². The first kappa shape index (κ1) is 11.7. The van der Waals surface area contributed by atoms with Crippen molar-refractivity contribution in [1.82, 2.24) is 0 Å². The fourth-order valence-electron chi connectivity index (χ4n) is 1.53. The van der Waals surface area contributed by atoms with Gasteiger partial charge in [0.05, 0.1) is 6.61 Å². The molecule has 0 aromatic rings. The van der Waals surface area contributed by atoms with E-state index in [9.17, 15) is 0 Å². The average molecular weight is 200 g/mol. The summed E-state index contributed by atoms with van der Waals surface area (Å²) >= 11 is 0. The van der Waals surface area contributed by atoms with Crippen LogP contribution < -0.4 is 0 Å². The summed E-state index contributed by atoms with van der Waals surface area (Å²) in [5, 5.41) is 0. The first-order valence-electron chi connectivity index (χ1n) is 5.29. The van der Waals surface area contributed by atoms with Gasteiger partial charge in [0.15, 0.2) is 6.29 Å². The smallest absolute Gasteiger partial charge is 0.183 e. The Labute approximate surface area is 86.0 Å². The van der Waals surface area contributed by atoms with Crippen molar-refractivity contribution in [3.05, 3.63) is 12.2 Å². The molecule has 1 unspecified atom stereocenters. The summed E-state index contributed by atoms with van der Waals surface area (Å²) < 4.78 is 16.6. The summed E-state index contributed by atoms with van der Waals surface area (Å²) in [4.78, 5) is 0. The molecule has 1 fully saturated rings. The standard InChI is InChI=1S/C11H20O3/c1-4-12-11(13-5-2)10-7-6-9(3)8-14-10/h10-11H,3-8H2,1-2H3. The van der Waals surface area contributed by atoms with Crippen LogP contribution in [0.4, 0.5) is 0 Å². The number of ether oxygens (including phenoxy) is 3. The lowest BCUT2D eigenvalue weighted by Crippen LogP contribution is -2.37. The molecule has 1 saturated heterocycles. The average Bonchev–Trinajstić information content (AvgIpc) is 2.19. The molecule has 0 saturated carbocycles. The van der Waals surface area contributed by atoms with Crippen LogP contribution in [-0.4, -0.2) is 32.2 Å². The van der Waals surface area contributed by atoms with Crippen LogP contribution in [0.15, 0.2) is 12.2 Å². The molecule has 0 radical (unpaired) electrons. The summed E-state index contributed by atoms with van der Waals surface area (Å²) in [5.74, 6) is 0. The van der Waals surface area contributed by atoms with E-state index in [1.807, 2.05) is 13.8 Å². The van der Waals surface area contributed by atoms with Crippen molar-refractivity contribution in [1.29, 1.82) is 0 Å². The van der Waals surface area contributed by atoms with Crippen LogP contribution in [0.25, 0.3) is 0 Å². The highest BCUT2D eigenvalue weighted by Crippen LogP contribution is 2.21. The Hall–Kier alpha value is -0.380. The molecule has 14 heavy (non-hydrogen) atoms. The summed E-state index contributed by atoms with van der Waals surface area (Å²) in [6, 6.07) is 0. The molecule has 3 nitrogen and oxygen atoms in total. The van der Waals surface area contributed by atoms with Crippen LogP contribution >= 0.6 is 0 Å². The van der Waals surface area contributed by atoms with E-state index in [0.717, 1.165) is 18.4 Å². The predicted molar refractivity (Wildman–Crippen MR) is 55.2 cm³/mol. The van der Waals surface area contributed by atoms with E-state index in [-0.39, 0.29) is 12.4 Å². The van der Waals surface area contributed by atoms with Crippen LogP contribution in [0.2, 0.25) is 0 Å². The monoisotopic (exact) mass is 200 g/mol. The lowest BCUT2D eigenvalue weighted by molar-refractivity contribution is -0.206. The molecule has 0 N–H and O–H groups in total. The number of hydrogen-bond donors (Lipinski definition) is 0. The van der Waals surface area contributed by atoms with Crippen LogP contribution in [0.5, 0.6) is 0 Å². The molecule has 0 aromatic carbocycles. The zero-order chi connectivity index (χ0) is 10.4. The van der Waals surface area contributed by atoms with Gasteiger partial charge in [0.2, 0.25) is 0 Å². The van der Waals surface area contributed by atoms with Gasteiger partial charge in [0.1, 0.15) is 6.10 Å². The van der Waals surface area contributed by atoms with Gasteiger partial charge in [-0.25, -0.2) is 0 Å². The molecule has 1 atom stereocenters. The third-order valence-corrected chi connectivity index (χ3v) is 2.25. The highest BCUT2D eigenvalue weighted by atomic mass is 16.7. The molecule has 1 heterocycles. The molecule has 0 aliphatic carbocycles. The van der Waals surface area contributed by atoms with Gasteiger partial charge in [-0.1, -0.05) is 12.2 Å². The van der Waals surface area contributed by atoms with Gasteiger partial charge in [-0.2, -0.15) is 0 Å². The molecule has 0 spiro atoms. The van der Waals surface area contributed by atoms with Crippen molar-refractivity contribution in [3.8, 4) is 0 Å². The van der Waals surface area contributed by atoms with E-state index in [0.29, 0.717) is 19.8 Å². The maximum absolute atomic E-state index is 5.61. The molecule has 3 heteroatoms. The van der Waals surface area contributed by atoms with Crippen molar-refractivity contribution in [2.75, 3.05) is 19.8 Å². The Morgan fingerprint density at radius 2 is 2.07 bits per heavy atom. The van der Waals surface area contributed by atoms with Crippen molar-refractivity contribution < 1.29 is 14.2 Å². The Kier molecular flexibility index (Phi) is 5.15. The lowest BCUT2D eigenvalue weighted by Gasteiger charge is -2.30. The third kappa shape index (κ3) is 3.40. The topological polar surface area (TPSA) is 27.7 Å². The molecule has 82 valence electrons. The van der Waals surface area contributed by atoms with E-state index in [1.54, 1.807) is 0 Å². The quantitative estimate of drug-likeness (QED) is 0.502. The highest BCUT2D eigenvalue weighted by molar-refractivity contribution is 4.98. The first-order chi connectivity index (χ1) is 6.77. The summed E-state index contributed by atoms with van der Waals surface area (Å²) in [6.07, 6.45) is 1.82. The van der Waals surface area contributed by atoms with E-state index >= 15 is 0 Å². The largest absolute Gasteiger partial charge is 0.369 e. The molecule has 0 aromatic heterocycles. The molecule has 1 rings (SSSR count). The summed E-state index contributed by atoms with van der Waals surface area (Å²) in [6.45, 7) is 9.78. The second kappa shape index (κ2) is 6.17. The lowest BCUT2D eigenvalue weighted by atomic mass is 10.1. The third-order valence-electron chi connectivity index (χ3n) is 2.25. The molecular weight excluding hydrogens is 180 g/mol. The molecule has 0 amide bonds. The van der Waals surface area contributed by atoms with Crippen molar-refractivity contribution >= 4 is 0 Å². The maximum Gasteiger partial charge on any atom is 0.183 e. The Balaban J connectivity index is 2.38. The zero-order valence-corrected chi connectivity index (χ0v) is 9.12. The summed E-state index contributed by atoms with van der Waals surface area (Å²) in [5.41, 5.74) is 1.16. The fraction of sp³-hybridized carbons (Fsp3) is 0.818. The van der Waals surface area contributed by atoms with Gasteiger partial charge in [0.25, 0.3) is 0 Å². The minimum atomic E-state index is -0.210. The second-order valence-electron chi connectivity index (χ2n) is 3.42. The Morgan fingerprint density at radius 3 is 2.50 bits per heavy atom. The van der Waals surface area contributed by atoms with Gasteiger partial charge in [-0.3, -0.25) is 0 Å². The minimum absolute atomic E-state index is 0.0698. The van der Waals surface area contributed by atoms with Gasteiger partial charge in [-0.05, 0) is 26.7 Å². The molecule has 1 aliphatic heterocycles. The fourth-order valence-corrected chi connectivity index (χ4v) is 1.53. The van der Waals surface area contributed by atoms with Crippen LogP contribution in [0, 0.1) is 0 Å². The highest BCUT2D eigenvalue weighted by Gasteiger charge is 2.26. The van der Waals surface area contributed by atoms with Gasteiger partial charge < -0.3 is 14.2 Å². The predicted octanol–water partition coefficient (Wildman–Crippen LogP) is 2.12. The van der Waals surface area contributed by atoms with Crippen molar-refractivity contribution in [2.24, 2.45) is 0 Å². The van der Waals surface area contributed by atoms with Crippen LogP contribution in [0.3, 0.4) is 0 Å². The first-order valence-corrected chi connectivity index (χ1v) is 5.29. The molecule has 0 bridgehead atoms. The Bertz CT molecular complexity index is 163. The van der Waals surface area contributed by atoms with E-state index < -0.39 is 0 Å². The van der Waals surface area contributed by atoms with Gasteiger partial charge >= 0.3 is 0 Å². The molecule has 1 aliphatic rings. The SMILES string of the molecule is C=C1CCC(C(OCC)OCC)OC1. The van der Waals surface area contributed by atoms with E-state index in [4.69, 9.17) is 14.2 Å². The Morgan fingerprint density at radius 1 is 1.43 bits per heavy atom. The molecular formula is C11H20O3. The van der Waals surface area contributed by atoms with Crippen LogP contribution in [-0.2, 0) is 14.2 Å². The number of hydrogen-bond acceptors (Lipinski definition) is 3. The van der Waals surface area contributed by atoms with Gasteiger partial charge in [0, 0.05) is 13.2 Å². The minimum Gasteiger partial charge on any atom is -0.369 e. The van der Waals surface area contributed by atoms with Crippen molar-refractivity contribution in [3.63, 3.8) is 0 Å². The van der Waals surface area contributed by atoms with E-state index in [2.05, 4.69) is 6.58 Å². The summed E-state index contributed by atoms with van der Waals surface area (Å²) in [7, 11) is 0.